The van der Waals surface area contributed by atoms with Gasteiger partial charge in [-0.3, -0.25) is 9.59 Å². The van der Waals surface area contributed by atoms with Crippen molar-refractivity contribution >= 4 is 11.8 Å². The molecule has 0 fully saturated rings. The van der Waals surface area contributed by atoms with Crippen LogP contribution in [0.4, 0.5) is 0 Å². The van der Waals surface area contributed by atoms with Crippen molar-refractivity contribution in [3.63, 3.8) is 0 Å². The third-order valence-corrected chi connectivity index (χ3v) is 1.64. The summed E-state index contributed by atoms with van der Waals surface area (Å²) in [5, 5.41) is 13.9. The highest BCUT2D eigenvalue weighted by molar-refractivity contribution is 5.85. The largest absolute Gasteiger partial charge is 0.391 e. The number of aliphatic hydroxyl groups is 1. The van der Waals surface area contributed by atoms with E-state index in [1.54, 1.807) is 0 Å². The van der Waals surface area contributed by atoms with Crippen molar-refractivity contribution in [3.05, 3.63) is 0 Å². The quantitative estimate of drug-likeness (QED) is 0.399. The number of nitrogens with two attached hydrogens (primary N) is 1. The summed E-state index contributed by atoms with van der Waals surface area (Å²) in [6.07, 6.45) is 0.0410. The molecule has 0 spiro atoms. The standard InChI is InChI=1S/C8H17N3O3/c1-2-6(12)4-10-8(14)5-11-7(13)3-9/h6,12H,2-5,9H2,1H3,(H,10,14)(H,11,13). The number of carbonyl (C=O) groups excluding carboxylic acids is 2. The van der Waals surface area contributed by atoms with Crippen LogP contribution in [0.5, 0.6) is 0 Å². The number of carbonyl (C=O) groups is 2. The average Bonchev–Trinajstić information content (AvgIpc) is 2.22. The van der Waals surface area contributed by atoms with E-state index in [2.05, 4.69) is 10.6 Å². The molecule has 0 saturated heterocycles. The van der Waals surface area contributed by atoms with Gasteiger partial charge in [-0.05, 0) is 6.42 Å². The van der Waals surface area contributed by atoms with Gasteiger partial charge in [0.15, 0.2) is 0 Å². The van der Waals surface area contributed by atoms with Crippen LogP contribution in [0.3, 0.4) is 0 Å². The van der Waals surface area contributed by atoms with Crippen LogP contribution < -0.4 is 16.4 Å². The Bertz CT molecular complexity index is 196. The molecule has 0 radical (unpaired) electrons. The van der Waals surface area contributed by atoms with E-state index < -0.39 is 6.10 Å². The van der Waals surface area contributed by atoms with Crippen molar-refractivity contribution in [3.8, 4) is 0 Å². The van der Waals surface area contributed by atoms with Crippen LogP contribution in [-0.4, -0.2) is 42.7 Å². The summed E-state index contributed by atoms with van der Waals surface area (Å²) in [6, 6.07) is 0. The van der Waals surface area contributed by atoms with E-state index in [-0.39, 0.29) is 31.4 Å². The highest BCUT2D eigenvalue weighted by Crippen LogP contribution is 1.85. The molecular formula is C8H17N3O3. The van der Waals surface area contributed by atoms with Crippen LogP contribution in [0.1, 0.15) is 13.3 Å². The summed E-state index contributed by atoms with van der Waals surface area (Å²) in [7, 11) is 0. The lowest BCUT2D eigenvalue weighted by atomic mass is 10.3. The number of nitrogens with one attached hydrogen (secondary N) is 2. The Morgan fingerprint density at radius 1 is 1.36 bits per heavy atom. The second-order valence-electron chi connectivity index (χ2n) is 2.85. The number of hydrogen-bond acceptors (Lipinski definition) is 4. The SMILES string of the molecule is CCC(O)CNC(=O)CNC(=O)CN. The fourth-order valence-electron chi connectivity index (χ4n) is 0.690. The van der Waals surface area contributed by atoms with Crippen molar-refractivity contribution in [1.29, 1.82) is 0 Å². The van der Waals surface area contributed by atoms with E-state index in [9.17, 15) is 9.59 Å². The molecule has 6 heteroatoms. The molecule has 2 amide bonds. The van der Waals surface area contributed by atoms with E-state index in [0.29, 0.717) is 6.42 Å². The summed E-state index contributed by atoms with van der Waals surface area (Å²) in [4.78, 5) is 21.7. The molecule has 0 aromatic carbocycles. The van der Waals surface area contributed by atoms with Gasteiger partial charge in [-0.15, -0.1) is 0 Å². The molecule has 0 aliphatic heterocycles. The van der Waals surface area contributed by atoms with Gasteiger partial charge in [0, 0.05) is 6.54 Å². The molecule has 0 aliphatic carbocycles. The summed E-state index contributed by atoms with van der Waals surface area (Å²) in [5.74, 6) is -0.713. The highest BCUT2D eigenvalue weighted by Gasteiger charge is 2.05. The predicted molar refractivity (Wildman–Crippen MR) is 51.4 cm³/mol. The fraction of sp³-hybridized carbons (Fsp3) is 0.750. The minimum Gasteiger partial charge on any atom is -0.391 e. The van der Waals surface area contributed by atoms with Gasteiger partial charge in [-0.2, -0.15) is 0 Å². The maximum atomic E-state index is 11.0. The Labute approximate surface area is 82.9 Å². The van der Waals surface area contributed by atoms with E-state index in [0.717, 1.165) is 0 Å². The van der Waals surface area contributed by atoms with Gasteiger partial charge in [-0.25, -0.2) is 0 Å². The fourth-order valence-corrected chi connectivity index (χ4v) is 0.690. The summed E-state index contributed by atoms with van der Waals surface area (Å²) in [6.45, 7) is 1.78. The predicted octanol–water partition coefficient (Wildman–Crippen LogP) is -2.05. The maximum absolute atomic E-state index is 11.0. The van der Waals surface area contributed by atoms with Gasteiger partial charge >= 0.3 is 0 Å². The number of amides is 2. The number of aliphatic hydroxyl groups excluding tert-OH is 1. The molecule has 0 aromatic heterocycles. The minimum absolute atomic E-state index is 0.105. The summed E-state index contributed by atoms with van der Waals surface area (Å²) >= 11 is 0. The average molecular weight is 203 g/mol. The molecule has 0 aliphatic rings. The molecule has 0 rings (SSSR count). The molecular weight excluding hydrogens is 186 g/mol. The Hall–Kier alpha value is -1.14. The molecule has 0 bridgehead atoms. The molecule has 1 unspecified atom stereocenters. The number of rotatable bonds is 6. The van der Waals surface area contributed by atoms with Gasteiger partial charge in [0.1, 0.15) is 0 Å². The van der Waals surface area contributed by atoms with Gasteiger partial charge in [-0.1, -0.05) is 6.92 Å². The zero-order chi connectivity index (χ0) is 11.0. The first-order chi connectivity index (χ1) is 6.60. The van der Waals surface area contributed by atoms with Crippen molar-refractivity contribution in [2.24, 2.45) is 5.73 Å². The maximum Gasteiger partial charge on any atom is 0.239 e. The van der Waals surface area contributed by atoms with Gasteiger partial charge < -0.3 is 21.5 Å². The van der Waals surface area contributed by atoms with Crippen molar-refractivity contribution in [1.82, 2.24) is 10.6 Å². The lowest BCUT2D eigenvalue weighted by Gasteiger charge is -2.09. The van der Waals surface area contributed by atoms with Gasteiger partial charge in [0.05, 0.1) is 19.2 Å². The number of hydrogen-bond donors (Lipinski definition) is 4. The van der Waals surface area contributed by atoms with Crippen molar-refractivity contribution < 1.29 is 14.7 Å². The molecule has 0 aromatic rings. The third-order valence-electron chi connectivity index (χ3n) is 1.64. The zero-order valence-electron chi connectivity index (χ0n) is 8.25. The third kappa shape index (κ3) is 6.38. The molecule has 6 nitrogen and oxygen atoms in total. The monoisotopic (exact) mass is 203 g/mol. The normalized spacial score (nSPS) is 11.9. The molecule has 5 N–H and O–H groups in total. The van der Waals surface area contributed by atoms with Crippen molar-refractivity contribution in [2.75, 3.05) is 19.6 Å². The second kappa shape index (κ2) is 7.28. The highest BCUT2D eigenvalue weighted by atomic mass is 16.3. The molecule has 0 saturated carbocycles. The summed E-state index contributed by atoms with van der Waals surface area (Å²) in [5.41, 5.74) is 5.02. The molecule has 0 heterocycles. The lowest BCUT2D eigenvalue weighted by Crippen LogP contribution is -2.41. The van der Waals surface area contributed by atoms with Gasteiger partial charge in [0.25, 0.3) is 0 Å². The topological polar surface area (TPSA) is 104 Å². The van der Waals surface area contributed by atoms with Crippen LogP contribution in [0, 0.1) is 0 Å². The van der Waals surface area contributed by atoms with Crippen LogP contribution >= 0.6 is 0 Å². The van der Waals surface area contributed by atoms with Crippen LogP contribution in [0.2, 0.25) is 0 Å². The molecule has 82 valence electrons. The van der Waals surface area contributed by atoms with E-state index in [1.807, 2.05) is 6.92 Å². The van der Waals surface area contributed by atoms with Crippen LogP contribution in [0.15, 0.2) is 0 Å². The van der Waals surface area contributed by atoms with E-state index >= 15 is 0 Å². The van der Waals surface area contributed by atoms with Crippen LogP contribution in [0.25, 0.3) is 0 Å². The Kier molecular flexibility index (Phi) is 6.69. The minimum atomic E-state index is -0.538. The molecule has 1 atom stereocenters. The summed E-state index contributed by atoms with van der Waals surface area (Å²) < 4.78 is 0. The first-order valence-electron chi connectivity index (χ1n) is 4.51. The van der Waals surface area contributed by atoms with Crippen LogP contribution in [-0.2, 0) is 9.59 Å². The van der Waals surface area contributed by atoms with Crippen molar-refractivity contribution in [2.45, 2.75) is 19.4 Å². The van der Waals surface area contributed by atoms with E-state index in [1.165, 1.54) is 0 Å². The molecule has 14 heavy (non-hydrogen) atoms. The Balaban J connectivity index is 3.51. The zero-order valence-corrected chi connectivity index (χ0v) is 8.25. The second-order valence-corrected chi connectivity index (χ2v) is 2.85. The first kappa shape index (κ1) is 12.9. The Morgan fingerprint density at radius 3 is 2.50 bits per heavy atom. The first-order valence-corrected chi connectivity index (χ1v) is 4.51. The smallest absolute Gasteiger partial charge is 0.239 e. The van der Waals surface area contributed by atoms with E-state index in [4.69, 9.17) is 10.8 Å². The lowest BCUT2D eigenvalue weighted by molar-refractivity contribution is -0.125. The Morgan fingerprint density at radius 2 is 2.00 bits per heavy atom. The van der Waals surface area contributed by atoms with Gasteiger partial charge in [0.2, 0.25) is 11.8 Å².